The van der Waals surface area contributed by atoms with Crippen molar-refractivity contribution < 1.29 is 4.79 Å². The van der Waals surface area contributed by atoms with Gasteiger partial charge < -0.3 is 14.8 Å². The number of rotatable bonds is 3. The Morgan fingerprint density at radius 2 is 2.08 bits per heavy atom. The summed E-state index contributed by atoms with van der Waals surface area (Å²) in [6.45, 7) is 1.53. The molecule has 1 amide bonds. The minimum Gasteiger partial charge on any atom is -0.361 e. The lowest BCUT2D eigenvalue weighted by molar-refractivity contribution is 0.0713. The number of H-pyrrole nitrogens is 1. The monoisotopic (exact) mass is 335 g/mol. The van der Waals surface area contributed by atoms with Crippen molar-refractivity contribution in [3.63, 3.8) is 0 Å². The number of aromatic amines is 1. The van der Waals surface area contributed by atoms with Crippen molar-refractivity contribution in [2.45, 2.75) is 18.9 Å². The molecule has 0 radical (unpaired) electrons. The highest BCUT2D eigenvalue weighted by Gasteiger charge is 2.26. The Hall–Kier alpha value is -2.89. The summed E-state index contributed by atoms with van der Waals surface area (Å²) in [6, 6.07) is 10.2. The maximum absolute atomic E-state index is 12.8. The van der Waals surface area contributed by atoms with Gasteiger partial charge >= 0.3 is 0 Å². The molecule has 128 valence electrons. The first-order chi connectivity index (χ1) is 12.2. The normalized spacial score (nSPS) is 15.5. The van der Waals surface area contributed by atoms with E-state index in [1.807, 2.05) is 41.4 Å². The van der Waals surface area contributed by atoms with Crippen LogP contribution in [0, 0.1) is 0 Å². The number of carbonyl (C=O) groups is 1. The first-order valence-electron chi connectivity index (χ1n) is 8.57. The van der Waals surface area contributed by atoms with Crippen molar-refractivity contribution in [3.8, 4) is 0 Å². The smallest absolute Gasteiger partial charge is 0.253 e. The maximum atomic E-state index is 12.8. The van der Waals surface area contributed by atoms with Crippen molar-refractivity contribution in [3.05, 3.63) is 54.6 Å². The van der Waals surface area contributed by atoms with E-state index >= 15 is 0 Å². The average molecular weight is 335 g/mol. The molecule has 0 unspecified atom stereocenters. The fourth-order valence-electron chi connectivity index (χ4n) is 3.50. The van der Waals surface area contributed by atoms with E-state index < -0.39 is 0 Å². The molecule has 0 saturated carbocycles. The summed E-state index contributed by atoms with van der Waals surface area (Å²) in [4.78, 5) is 28.4. The molecule has 3 aromatic rings. The van der Waals surface area contributed by atoms with Gasteiger partial charge in [0, 0.05) is 49.7 Å². The minimum atomic E-state index is 0.111. The molecule has 1 N–H and O–H groups in total. The molecule has 0 spiro atoms. The largest absolute Gasteiger partial charge is 0.361 e. The zero-order chi connectivity index (χ0) is 17.2. The Bertz CT molecular complexity index is 868. The van der Waals surface area contributed by atoms with Gasteiger partial charge in [-0.15, -0.1) is 0 Å². The standard InChI is InChI=1S/C19H21N5O/c1-23(18-5-8-20-13-22-18)16-6-10-24(11-7-16)19(25)15-3-2-14-4-9-21-17(14)12-15/h2-5,8-9,12-13,16,21H,6-7,10-11H2,1H3. The Labute approximate surface area is 146 Å². The Balaban J connectivity index is 1.42. The number of fused-ring (bicyclic) bond motifs is 1. The van der Waals surface area contributed by atoms with Gasteiger partial charge in [0.05, 0.1) is 0 Å². The molecule has 4 rings (SSSR count). The van der Waals surface area contributed by atoms with Crippen molar-refractivity contribution in [2.75, 3.05) is 25.0 Å². The van der Waals surface area contributed by atoms with Crippen LogP contribution < -0.4 is 4.90 Å². The van der Waals surface area contributed by atoms with Crippen LogP contribution in [0.25, 0.3) is 10.9 Å². The van der Waals surface area contributed by atoms with E-state index in [0.717, 1.165) is 48.2 Å². The average Bonchev–Trinajstić information content (AvgIpc) is 3.15. The zero-order valence-electron chi connectivity index (χ0n) is 14.2. The lowest BCUT2D eigenvalue weighted by atomic mass is 10.0. The van der Waals surface area contributed by atoms with Crippen LogP contribution in [-0.4, -0.2) is 51.9 Å². The number of aromatic nitrogens is 3. The first kappa shape index (κ1) is 15.6. The summed E-state index contributed by atoms with van der Waals surface area (Å²) in [5, 5.41) is 1.13. The van der Waals surface area contributed by atoms with E-state index in [0.29, 0.717) is 6.04 Å². The van der Waals surface area contributed by atoms with Crippen LogP contribution in [-0.2, 0) is 0 Å². The summed E-state index contributed by atoms with van der Waals surface area (Å²) in [5.41, 5.74) is 1.75. The number of hydrogen-bond donors (Lipinski definition) is 1. The van der Waals surface area contributed by atoms with Gasteiger partial charge in [-0.1, -0.05) is 6.07 Å². The molecule has 0 aliphatic carbocycles. The number of hydrogen-bond acceptors (Lipinski definition) is 4. The Morgan fingerprint density at radius 1 is 1.24 bits per heavy atom. The molecule has 1 fully saturated rings. The summed E-state index contributed by atoms with van der Waals surface area (Å²) >= 11 is 0. The number of anilines is 1. The highest BCUT2D eigenvalue weighted by atomic mass is 16.2. The number of likely N-dealkylation sites (tertiary alicyclic amines) is 1. The van der Waals surface area contributed by atoms with E-state index in [9.17, 15) is 4.79 Å². The highest BCUT2D eigenvalue weighted by Crippen LogP contribution is 2.22. The summed E-state index contributed by atoms with van der Waals surface area (Å²) in [7, 11) is 2.06. The predicted octanol–water partition coefficient (Wildman–Crippen LogP) is 2.70. The summed E-state index contributed by atoms with van der Waals surface area (Å²) in [6.07, 6.45) is 7.11. The topological polar surface area (TPSA) is 65.1 Å². The number of carbonyl (C=O) groups excluding carboxylic acids is 1. The summed E-state index contributed by atoms with van der Waals surface area (Å²) in [5.74, 6) is 1.04. The number of nitrogens with zero attached hydrogens (tertiary/aromatic N) is 4. The van der Waals surface area contributed by atoms with Gasteiger partial charge in [0.25, 0.3) is 5.91 Å². The molecular formula is C19H21N5O. The predicted molar refractivity (Wildman–Crippen MR) is 97.7 cm³/mol. The van der Waals surface area contributed by atoms with Crippen LogP contribution in [0.4, 0.5) is 5.82 Å². The van der Waals surface area contributed by atoms with Crippen LogP contribution in [0.5, 0.6) is 0 Å². The third-order valence-electron chi connectivity index (χ3n) is 5.03. The van der Waals surface area contributed by atoms with E-state index in [1.165, 1.54) is 0 Å². The second-order valence-corrected chi connectivity index (χ2v) is 6.48. The fourth-order valence-corrected chi connectivity index (χ4v) is 3.50. The maximum Gasteiger partial charge on any atom is 0.253 e. The molecule has 2 aromatic heterocycles. The second-order valence-electron chi connectivity index (χ2n) is 6.48. The molecule has 0 atom stereocenters. The first-order valence-corrected chi connectivity index (χ1v) is 8.57. The molecule has 25 heavy (non-hydrogen) atoms. The van der Waals surface area contributed by atoms with Crippen molar-refractivity contribution in [1.29, 1.82) is 0 Å². The third-order valence-corrected chi connectivity index (χ3v) is 5.03. The molecule has 0 bridgehead atoms. The van der Waals surface area contributed by atoms with E-state index in [1.54, 1.807) is 12.5 Å². The van der Waals surface area contributed by atoms with Crippen molar-refractivity contribution >= 4 is 22.6 Å². The molecular weight excluding hydrogens is 314 g/mol. The Morgan fingerprint density at radius 3 is 2.84 bits per heavy atom. The number of piperidine rings is 1. The molecule has 1 aliphatic rings. The number of nitrogens with one attached hydrogen (secondary N) is 1. The molecule has 1 aliphatic heterocycles. The van der Waals surface area contributed by atoms with Crippen molar-refractivity contribution in [2.24, 2.45) is 0 Å². The van der Waals surface area contributed by atoms with Gasteiger partial charge in [0.1, 0.15) is 12.1 Å². The molecule has 6 heteroatoms. The second kappa shape index (κ2) is 6.55. The summed E-state index contributed by atoms with van der Waals surface area (Å²) < 4.78 is 0. The SMILES string of the molecule is CN(c1ccncn1)C1CCN(C(=O)c2ccc3cc[nH]c3c2)CC1. The highest BCUT2D eigenvalue weighted by molar-refractivity contribution is 5.98. The zero-order valence-corrected chi connectivity index (χ0v) is 14.2. The van der Waals surface area contributed by atoms with Crippen LogP contribution in [0.2, 0.25) is 0 Å². The van der Waals surface area contributed by atoms with Gasteiger partial charge in [-0.25, -0.2) is 9.97 Å². The lowest BCUT2D eigenvalue weighted by Crippen LogP contribution is -2.45. The van der Waals surface area contributed by atoms with Crippen LogP contribution in [0.15, 0.2) is 49.1 Å². The molecule has 1 saturated heterocycles. The quantitative estimate of drug-likeness (QED) is 0.799. The minimum absolute atomic E-state index is 0.111. The van der Waals surface area contributed by atoms with Gasteiger partial charge in [-0.2, -0.15) is 0 Å². The van der Waals surface area contributed by atoms with E-state index in [2.05, 4.69) is 26.9 Å². The van der Waals surface area contributed by atoms with Crippen LogP contribution in [0.1, 0.15) is 23.2 Å². The van der Waals surface area contributed by atoms with Gasteiger partial charge in [-0.05, 0) is 42.5 Å². The molecule has 1 aromatic carbocycles. The molecule has 3 heterocycles. The third kappa shape index (κ3) is 3.07. The Kier molecular flexibility index (Phi) is 4.09. The van der Waals surface area contributed by atoms with Gasteiger partial charge in [0.15, 0.2) is 0 Å². The lowest BCUT2D eigenvalue weighted by Gasteiger charge is -2.37. The van der Waals surface area contributed by atoms with Crippen molar-refractivity contribution in [1.82, 2.24) is 19.9 Å². The van der Waals surface area contributed by atoms with E-state index in [4.69, 9.17) is 0 Å². The number of benzene rings is 1. The van der Waals surface area contributed by atoms with E-state index in [-0.39, 0.29) is 5.91 Å². The van der Waals surface area contributed by atoms with Gasteiger partial charge in [-0.3, -0.25) is 4.79 Å². The van der Waals surface area contributed by atoms with Gasteiger partial charge in [0.2, 0.25) is 0 Å². The number of amides is 1. The van der Waals surface area contributed by atoms with Crippen LogP contribution >= 0.6 is 0 Å². The van der Waals surface area contributed by atoms with Crippen LogP contribution in [0.3, 0.4) is 0 Å². The fraction of sp³-hybridized carbons (Fsp3) is 0.316. The molecule has 6 nitrogen and oxygen atoms in total.